The summed E-state index contributed by atoms with van der Waals surface area (Å²) in [5, 5.41) is 19.8. The summed E-state index contributed by atoms with van der Waals surface area (Å²) in [6.07, 6.45) is 7.39. The van der Waals surface area contributed by atoms with Crippen LogP contribution in [0.1, 0.15) is 65.2 Å². The molecule has 2 N–H and O–H groups in total. The number of rotatable bonds is 1. The Hall–Kier alpha value is -0.830. The van der Waals surface area contributed by atoms with Gasteiger partial charge in [-0.2, -0.15) is 0 Å². The summed E-state index contributed by atoms with van der Waals surface area (Å²) in [6, 6.07) is 0. The topological polar surface area (TPSA) is 57.5 Å². The van der Waals surface area contributed by atoms with Gasteiger partial charge < -0.3 is 10.2 Å². The van der Waals surface area contributed by atoms with Crippen molar-refractivity contribution in [3.63, 3.8) is 0 Å². The van der Waals surface area contributed by atoms with Crippen LogP contribution < -0.4 is 0 Å². The lowest BCUT2D eigenvalue weighted by Gasteiger charge is -2.55. The molecule has 0 aromatic heterocycles. The zero-order valence-corrected chi connectivity index (χ0v) is 12.6. The zero-order valence-electron chi connectivity index (χ0n) is 12.6. The molecule has 3 nitrogen and oxygen atoms in total. The van der Waals surface area contributed by atoms with Crippen molar-refractivity contribution in [3.05, 3.63) is 11.1 Å². The molecule has 0 aromatic carbocycles. The standard InChI is InChI=1S/C17H26O3/c1-16-8-3-9-17(2,15(19)20)14(16)7-5-11-4-6-12(18)10-13(11)16/h12,14,18H,3-10H2,1-2H3,(H,19,20)/t12-,14-,16-,17-/m1/s1. The molecule has 20 heavy (non-hydrogen) atoms. The van der Waals surface area contributed by atoms with Gasteiger partial charge in [-0.15, -0.1) is 0 Å². The Kier molecular flexibility index (Phi) is 3.24. The number of hydrogen-bond acceptors (Lipinski definition) is 2. The van der Waals surface area contributed by atoms with Crippen LogP contribution in [0, 0.1) is 16.7 Å². The van der Waals surface area contributed by atoms with Crippen molar-refractivity contribution in [3.8, 4) is 0 Å². The minimum Gasteiger partial charge on any atom is -0.481 e. The molecule has 3 aliphatic rings. The molecule has 3 rings (SSSR count). The van der Waals surface area contributed by atoms with Gasteiger partial charge >= 0.3 is 5.97 Å². The molecule has 0 spiro atoms. The molecule has 112 valence electrons. The highest BCUT2D eigenvalue weighted by Gasteiger charge is 2.56. The van der Waals surface area contributed by atoms with E-state index in [4.69, 9.17) is 0 Å². The Morgan fingerprint density at radius 2 is 1.90 bits per heavy atom. The molecular weight excluding hydrogens is 252 g/mol. The Morgan fingerprint density at radius 3 is 2.60 bits per heavy atom. The molecule has 0 radical (unpaired) electrons. The van der Waals surface area contributed by atoms with E-state index in [9.17, 15) is 15.0 Å². The third-order valence-electron chi connectivity index (χ3n) is 6.49. The maximum absolute atomic E-state index is 11.8. The van der Waals surface area contributed by atoms with E-state index in [0.717, 1.165) is 51.4 Å². The van der Waals surface area contributed by atoms with Gasteiger partial charge in [-0.1, -0.05) is 24.5 Å². The van der Waals surface area contributed by atoms with Crippen LogP contribution in [0.15, 0.2) is 11.1 Å². The second kappa shape index (κ2) is 4.59. The van der Waals surface area contributed by atoms with Gasteiger partial charge in [0.05, 0.1) is 11.5 Å². The number of aliphatic hydroxyl groups is 1. The molecule has 0 aliphatic heterocycles. The zero-order chi connectivity index (χ0) is 14.5. The highest BCUT2D eigenvalue weighted by atomic mass is 16.4. The highest BCUT2D eigenvalue weighted by molar-refractivity contribution is 5.75. The van der Waals surface area contributed by atoms with Gasteiger partial charge in [0.25, 0.3) is 0 Å². The summed E-state index contributed by atoms with van der Waals surface area (Å²) in [5.74, 6) is -0.404. The third-order valence-corrected chi connectivity index (χ3v) is 6.49. The SMILES string of the molecule is C[C@@]1(C(=O)O)CCC[C@]2(C)C3=C(CC[C@@H](O)C3)CC[C@@H]12. The van der Waals surface area contributed by atoms with Crippen molar-refractivity contribution in [1.29, 1.82) is 0 Å². The Bertz CT molecular complexity index is 467. The second-order valence-electron chi connectivity index (χ2n) is 7.56. The second-order valence-corrected chi connectivity index (χ2v) is 7.56. The lowest BCUT2D eigenvalue weighted by molar-refractivity contribution is -0.159. The number of fused-ring (bicyclic) bond motifs is 2. The van der Waals surface area contributed by atoms with Gasteiger partial charge in [-0.3, -0.25) is 4.79 Å². The van der Waals surface area contributed by atoms with E-state index in [1.54, 1.807) is 0 Å². The molecule has 0 unspecified atom stereocenters. The highest BCUT2D eigenvalue weighted by Crippen LogP contribution is 2.61. The maximum atomic E-state index is 11.8. The summed E-state index contributed by atoms with van der Waals surface area (Å²) >= 11 is 0. The fourth-order valence-corrected chi connectivity index (χ4v) is 5.33. The first-order chi connectivity index (χ1) is 9.38. The number of carbonyl (C=O) groups is 1. The fourth-order valence-electron chi connectivity index (χ4n) is 5.33. The van der Waals surface area contributed by atoms with Crippen molar-refractivity contribution in [1.82, 2.24) is 0 Å². The molecule has 4 atom stereocenters. The number of aliphatic hydroxyl groups excluding tert-OH is 1. The van der Waals surface area contributed by atoms with Crippen LogP contribution in [0.3, 0.4) is 0 Å². The molecular formula is C17H26O3. The molecule has 0 bridgehead atoms. The van der Waals surface area contributed by atoms with Gasteiger partial charge in [0.15, 0.2) is 0 Å². The number of carboxylic acids is 1. The number of aliphatic carboxylic acids is 1. The minimum absolute atomic E-state index is 0.000370. The first-order valence-corrected chi connectivity index (χ1v) is 8.01. The van der Waals surface area contributed by atoms with Crippen molar-refractivity contribution in [2.24, 2.45) is 16.7 Å². The van der Waals surface area contributed by atoms with E-state index in [2.05, 4.69) is 6.92 Å². The van der Waals surface area contributed by atoms with E-state index in [-0.39, 0.29) is 17.4 Å². The van der Waals surface area contributed by atoms with E-state index < -0.39 is 11.4 Å². The monoisotopic (exact) mass is 278 g/mol. The molecule has 3 aliphatic carbocycles. The lowest BCUT2D eigenvalue weighted by Crippen LogP contribution is -2.51. The summed E-state index contributed by atoms with van der Waals surface area (Å²) in [7, 11) is 0. The van der Waals surface area contributed by atoms with Crippen LogP contribution in [0.2, 0.25) is 0 Å². The lowest BCUT2D eigenvalue weighted by atomic mass is 9.48. The Labute approximate surface area is 121 Å². The molecule has 1 saturated carbocycles. The summed E-state index contributed by atoms with van der Waals surface area (Å²) < 4.78 is 0. The first-order valence-electron chi connectivity index (χ1n) is 8.01. The first kappa shape index (κ1) is 14.1. The molecule has 0 saturated heterocycles. The molecule has 0 amide bonds. The largest absolute Gasteiger partial charge is 0.481 e. The van der Waals surface area contributed by atoms with Gasteiger partial charge in [-0.05, 0) is 63.2 Å². The van der Waals surface area contributed by atoms with E-state index >= 15 is 0 Å². The van der Waals surface area contributed by atoms with Crippen LogP contribution in [0.5, 0.6) is 0 Å². The van der Waals surface area contributed by atoms with E-state index in [1.165, 1.54) is 11.1 Å². The molecule has 3 heteroatoms. The quantitative estimate of drug-likeness (QED) is 0.722. The summed E-state index contributed by atoms with van der Waals surface area (Å²) in [5.41, 5.74) is 2.36. The maximum Gasteiger partial charge on any atom is 0.309 e. The number of carboxylic acid groups (broad SMARTS) is 1. The van der Waals surface area contributed by atoms with Gasteiger partial charge in [0.2, 0.25) is 0 Å². The Balaban J connectivity index is 2.03. The van der Waals surface area contributed by atoms with Crippen molar-refractivity contribution >= 4 is 5.97 Å². The summed E-state index contributed by atoms with van der Waals surface area (Å²) in [4.78, 5) is 11.8. The Morgan fingerprint density at radius 1 is 1.20 bits per heavy atom. The van der Waals surface area contributed by atoms with Gasteiger partial charge in [-0.25, -0.2) is 0 Å². The number of allylic oxidation sites excluding steroid dienone is 1. The van der Waals surface area contributed by atoms with E-state index in [0.29, 0.717) is 0 Å². The molecule has 0 heterocycles. The normalized spacial score (nSPS) is 44.8. The fraction of sp³-hybridized carbons (Fsp3) is 0.824. The van der Waals surface area contributed by atoms with E-state index in [1.807, 2.05) is 6.92 Å². The van der Waals surface area contributed by atoms with Gasteiger partial charge in [0.1, 0.15) is 0 Å². The molecule has 0 aromatic rings. The minimum atomic E-state index is -0.631. The number of hydrogen-bond donors (Lipinski definition) is 2. The van der Waals surface area contributed by atoms with Crippen LogP contribution >= 0.6 is 0 Å². The van der Waals surface area contributed by atoms with Crippen LogP contribution in [0.4, 0.5) is 0 Å². The third kappa shape index (κ3) is 1.86. The summed E-state index contributed by atoms with van der Waals surface area (Å²) in [6.45, 7) is 4.22. The van der Waals surface area contributed by atoms with Gasteiger partial charge in [0, 0.05) is 0 Å². The van der Waals surface area contributed by atoms with Crippen molar-refractivity contribution < 1.29 is 15.0 Å². The van der Waals surface area contributed by atoms with Crippen molar-refractivity contribution in [2.45, 2.75) is 71.3 Å². The van der Waals surface area contributed by atoms with Crippen LogP contribution in [-0.4, -0.2) is 22.3 Å². The van der Waals surface area contributed by atoms with Crippen molar-refractivity contribution in [2.75, 3.05) is 0 Å². The molecule has 1 fully saturated rings. The van der Waals surface area contributed by atoms with Crippen LogP contribution in [-0.2, 0) is 4.79 Å². The average Bonchev–Trinajstić information content (AvgIpc) is 2.39. The average molecular weight is 278 g/mol. The smallest absolute Gasteiger partial charge is 0.309 e. The van der Waals surface area contributed by atoms with Crippen LogP contribution in [0.25, 0.3) is 0 Å². The predicted octanol–water partition coefficient (Wildman–Crippen LogP) is 3.52. The predicted molar refractivity (Wildman–Crippen MR) is 77.3 cm³/mol.